The molecule has 0 unspecified atom stereocenters. The third-order valence-corrected chi connectivity index (χ3v) is 10.2. The summed E-state index contributed by atoms with van der Waals surface area (Å²) in [6.45, 7) is 0. The van der Waals surface area contributed by atoms with Crippen molar-refractivity contribution in [3.8, 4) is 0 Å². The predicted octanol–water partition coefficient (Wildman–Crippen LogP) is -11.7. The molecule has 0 aromatic rings. The second-order valence-electron chi connectivity index (χ2n) is 4.28. The average molecular weight is 932 g/mol. The molecule has 32 heavy (non-hydrogen) atoms. The zero-order valence-electron chi connectivity index (χ0n) is 13.9. The van der Waals surface area contributed by atoms with Crippen LogP contribution in [0.3, 0.4) is 0 Å². The Kier molecular flexibility index (Phi) is 21.3. The van der Waals surface area contributed by atoms with Crippen LogP contribution in [-0.4, -0.2) is 32.1 Å². The van der Waals surface area contributed by atoms with Crippen LogP contribution in [0.5, 0.6) is 0 Å². The van der Waals surface area contributed by atoms with Crippen molar-refractivity contribution >= 4 is 45.6 Å². The molecule has 0 rings (SSSR count). The molecule has 0 radical (unpaired) electrons. The first-order valence-electron chi connectivity index (χ1n) is 5.61. The number of hydrogen-bond acceptors (Lipinski definition) is 21. The predicted molar refractivity (Wildman–Crippen MR) is 63.7 cm³/mol. The van der Waals surface area contributed by atoms with Crippen LogP contribution in [0, 0.1) is 0 Å². The van der Waals surface area contributed by atoms with Crippen LogP contribution in [0.2, 0.25) is 0 Å². The van der Waals surface area contributed by atoms with E-state index in [9.17, 15) is 86.1 Å². The van der Waals surface area contributed by atoms with Crippen LogP contribution in [0.15, 0.2) is 0 Å². The van der Waals surface area contributed by atoms with Gasteiger partial charge in [0.2, 0.25) is 0 Å². The van der Waals surface area contributed by atoms with Gasteiger partial charge in [-0.3, -0.25) is 0 Å². The second-order valence-corrected chi connectivity index (χ2v) is 14.9. The Morgan fingerprint density at radius 3 is 0.406 bits per heavy atom. The molecule has 0 aromatic heterocycles. The van der Waals surface area contributed by atoms with Crippen molar-refractivity contribution in [3.63, 3.8) is 0 Å². The molecule has 3 N–H and O–H groups in total. The summed E-state index contributed by atoms with van der Waals surface area (Å²) in [5.74, 6) is 0. The van der Waals surface area contributed by atoms with Gasteiger partial charge in [-0.15, -0.1) is 0 Å². The topological polar surface area (TPSA) is 440 Å². The molecule has 29 heteroatoms. The third-order valence-electron chi connectivity index (χ3n) is 1.70. The van der Waals surface area contributed by atoms with Gasteiger partial charge in [0.05, 0.1) is 0 Å². The van der Waals surface area contributed by atoms with E-state index in [2.05, 4.69) is 0 Å². The average Bonchev–Trinajstić information content (AvgIpc) is 2.40. The van der Waals surface area contributed by atoms with Crippen molar-refractivity contribution < 1.29 is 144 Å². The van der Waals surface area contributed by atoms with Gasteiger partial charge < -0.3 is 101 Å². The van der Waals surface area contributed by atoms with Crippen molar-refractivity contribution in [2.45, 2.75) is 16.8 Å². The number of rotatable bonds is 6. The molecule has 0 heterocycles. The van der Waals surface area contributed by atoms with E-state index >= 15 is 0 Å². The standard InChI is InChI=1S/3CH6O7P2.2W/c3*2-1(9(3,4)5)10(6,7)8;;/h3*1-2H,(H2,3,4,5)(H2,6,7,8);;/p-12. The smallest absolute Gasteiger partial charge is 0.107 e. The Labute approximate surface area is 205 Å². The quantitative estimate of drug-likeness (QED) is 0.208. The van der Waals surface area contributed by atoms with E-state index in [0.29, 0.717) is 0 Å². The van der Waals surface area contributed by atoms with Gasteiger partial charge >= 0.3 is 0 Å². The van der Waals surface area contributed by atoms with Crippen LogP contribution in [0.25, 0.3) is 0 Å². The minimum absolute atomic E-state index is 0. The van der Waals surface area contributed by atoms with Crippen LogP contribution < -0.4 is 58.7 Å². The third kappa shape index (κ3) is 21.4. The van der Waals surface area contributed by atoms with Gasteiger partial charge in [-0.25, -0.2) is 0 Å². The van der Waals surface area contributed by atoms with Crippen molar-refractivity contribution in [1.82, 2.24) is 0 Å². The van der Waals surface area contributed by atoms with E-state index in [1.54, 1.807) is 0 Å². The largest absolute Gasteiger partial charge is 0.809 e. The van der Waals surface area contributed by atoms with E-state index in [4.69, 9.17) is 15.3 Å². The fourth-order valence-electron chi connectivity index (χ4n) is 0.520. The molecule has 0 aromatic carbocycles. The minimum atomic E-state index is -5.71. The molecule has 0 aliphatic heterocycles. The number of aliphatic hydroxyl groups excluding tert-OH is 3. The van der Waals surface area contributed by atoms with Gasteiger partial charge in [0.1, 0.15) is 16.8 Å². The van der Waals surface area contributed by atoms with Gasteiger partial charge in [0, 0.05) is 42.1 Å². The maximum Gasteiger partial charge on any atom is 0.107 e. The molecule has 0 aliphatic carbocycles. The van der Waals surface area contributed by atoms with E-state index in [1.807, 2.05) is 0 Å². The summed E-state index contributed by atoms with van der Waals surface area (Å²) in [5.41, 5.74) is -10.0. The molecular weight excluding hydrogens is 926 g/mol. The van der Waals surface area contributed by atoms with Crippen LogP contribution in [-0.2, 0) is 69.5 Å². The van der Waals surface area contributed by atoms with Crippen LogP contribution >= 0.6 is 45.6 Å². The zero-order chi connectivity index (χ0) is 25.7. The fraction of sp³-hybridized carbons (Fsp3) is 1.00. The molecule has 0 spiro atoms. The van der Waals surface area contributed by atoms with E-state index < -0.39 is 62.3 Å². The molecule has 21 nitrogen and oxygen atoms in total. The summed E-state index contributed by atoms with van der Waals surface area (Å²) in [7, 11) is -34.3. The zero-order valence-corrected chi connectivity index (χ0v) is 25.2. The van der Waals surface area contributed by atoms with Crippen molar-refractivity contribution in [1.29, 1.82) is 0 Å². The van der Waals surface area contributed by atoms with Crippen molar-refractivity contribution in [2.24, 2.45) is 0 Å². The van der Waals surface area contributed by atoms with Gasteiger partial charge in [0.25, 0.3) is 0 Å². The Morgan fingerprint density at radius 2 is 0.406 bits per heavy atom. The van der Waals surface area contributed by atoms with Gasteiger partial charge in [-0.1, -0.05) is 0 Å². The first kappa shape index (κ1) is 44.2. The molecule has 198 valence electrons. The van der Waals surface area contributed by atoms with Gasteiger partial charge in [0.15, 0.2) is 0 Å². The summed E-state index contributed by atoms with van der Waals surface area (Å²) < 4.78 is 57.8. The second kappa shape index (κ2) is 15.4. The summed E-state index contributed by atoms with van der Waals surface area (Å²) in [5, 5.41) is 23.8. The SMILES string of the molecule is O=P([O-])([O-])C(O)P(=O)([O-])[O-].O=P([O-])([O-])C(O)P(=O)([O-])[O-].O=P([O-])([O-])C(O)P(=O)([O-])[O-].[W].[W]. The molecule has 0 amide bonds. The van der Waals surface area contributed by atoms with E-state index in [-0.39, 0.29) is 42.1 Å². The van der Waals surface area contributed by atoms with Crippen molar-refractivity contribution in [2.75, 3.05) is 0 Å². The van der Waals surface area contributed by atoms with E-state index in [0.717, 1.165) is 0 Å². The Balaban J connectivity index is -0.000000110. The summed E-state index contributed by atoms with van der Waals surface area (Å²) in [4.78, 5) is 116. The molecule has 0 fully saturated rings. The Morgan fingerprint density at radius 1 is 0.344 bits per heavy atom. The maximum atomic E-state index is 9.63. The normalized spacial score (nSPS) is 13.3. The Bertz CT molecular complexity index is 641. The van der Waals surface area contributed by atoms with Gasteiger partial charge in [-0.2, -0.15) is 0 Å². The first-order chi connectivity index (χ1) is 12.5. The summed E-state index contributed by atoms with van der Waals surface area (Å²) in [6, 6.07) is 0. The molecule has 0 saturated carbocycles. The summed E-state index contributed by atoms with van der Waals surface area (Å²) in [6.07, 6.45) is 0. The number of aliphatic hydroxyl groups is 3. The molecule has 0 saturated heterocycles. The van der Waals surface area contributed by atoms with E-state index in [1.165, 1.54) is 0 Å². The summed E-state index contributed by atoms with van der Waals surface area (Å²) >= 11 is 0. The number of hydrogen-bond donors (Lipinski definition) is 3. The van der Waals surface area contributed by atoms with Crippen LogP contribution in [0.1, 0.15) is 0 Å². The monoisotopic (exact) mass is 932 g/mol. The maximum absolute atomic E-state index is 9.63. The van der Waals surface area contributed by atoms with Gasteiger partial charge in [-0.05, 0) is 45.6 Å². The Hall–Kier alpha value is 2.16. The van der Waals surface area contributed by atoms with Crippen LogP contribution in [0.4, 0.5) is 0 Å². The fourth-order valence-corrected chi connectivity index (χ4v) is 4.68. The van der Waals surface area contributed by atoms with Crippen molar-refractivity contribution in [3.05, 3.63) is 0 Å². The molecule has 0 aliphatic rings. The molecular formula is C3H6O21P6W2-12. The minimum Gasteiger partial charge on any atom is -0.809 e. The molecule has 0 atom stereocenters. The molecule has 0 bridgehead atoms. The first-order valence-corrected chi connectivity index (χ1v) is 15.3.